The third kappa shape index (κ3) is 3.26. The molecule has 3 rings (SSSR count). The summed E-state index contributed by atoms with van der Waals surface area (Å²) in [5.41, 5.74) is 2.91. The molecule has 1 heterocycles. The quantitative estimate of drug-likeness (QED) is 0.634. The second kappa shape index (κ2) is 6.66. The van der Waals surface area contributed by atoms with Gasteiger partial charge in [-0.15, -0.1) is 0 Å². The van der Waals surface area contributed by atoms with E-state index in [0.717, 1.165) is 5.01 Å². The van der Waals surface area contributed by atoms with E-state index in [-0.39, 0.29) is 22.6 Å². The Balaban J connectivity index is 2.01. The van der Waals surface area contributed by atoms with E-state index in [2.05, 4.69) is 5.43 Å². The topological polar surface area (TPSA) is 78.9 Å². The standard InChI is InChI=1S/C17H12Cl2N2O4/c1-25-14-8-11(19)5-9(15(14)22)6-13-16(23)20-21(17(13)24)12-4-2-3-10(18)7-12/h2-8,22H,1H3,(H,20,23)/b13-6-. The predicted molar refractivity (Wildman–Crippen MR) is 94.7 cm³/mol. The zero-order valence-corrected chi connectivity index (χ0v) is 14.4. The van der Waals surface area contributed by atoms with E-state index in [1.54, 1.807) is 24.3 Å². The third-order valence-corrected chi connectivity index (χ3v) is 4.00. The summed E-state index contributed by atoms with van der Waals surface area (Å²) in [5, 5.41) is 12.0. The van der Waals surface area contributed by atoms with Crippen LogP contribution < -0.4 is 15.2 Å². The highest BCUT2D eigenvalue weighted by Gasteiger charge is 2.34. The summed E-state index contributed by atoms with van der Waals surface area (Å²) in [6.07, 6.45) is 1.26. The van der Waals surface area contributed by atoms with Gasteiger partial charge >= 0.3 is 0 Å². The van der Waals surface area contributed by atoms with Crippen LogP contribution in [0.25, 0.3) is 6.08 Å². The van der Waals surface area contributed by atoms with Crippen LogP contribution in [0.5, 0.6) is 11.5 Å². The van der Waals surface area contributed by atoms with Gasteiger partial charge in [0.2, 0.25) is 0 Å². The molecule has 1 aliphatic heterocycles. The normalized spacial score (nSPS) is 15.6. The summed E-state index contributed by atoms with van der Waals surface area (Å²) in [6.45, 7) is 0. The number of halogens is 2. The SMILES string of the molecule is COc1cc(Cl)cc(/C=C2/C(=O)NN(c3cccc(Cl)c3)C2=O)c1O. The molecule has 2 aromatic rings. The smallest absolute Gasteiger partial charge is 0.282 e. The number of benzene rings is 2. The average molecular weight is 379 g/mol. The van der Waals surface area contributed by atoms with Crippen molar-refractivity contribution in [3.8, 4) is 11.5 Å². The number of hydrogen-bond acceptors (Lipinski definition) is 4. The first kappa shape index (κ1) is 17.1. The molecular formula is C17H12Cl2N2O4. The van der Waals surface area contributed by atoms with Crippen LogP contribution in [0.1, 0.15) is 5.56 Å². The van der Waals surface area contributed by atoms with Gasteiger partial charge in [-0.3, -0.25) is 15.0 Å². The number of phenols is 1. The molecule has 6 nitrogen and oxygen atoms in total. The number of ether oxygens (including phenoxy) is 1. The number of aromatic hydroxyl groups is 1. The van der Waals surface area contributed by atoms with Gasteiger partial charge in [0.15, 0.2) is 11.5 Å². The van der Waals surface area contributed by atoms with Crippen LogP contribution in [0.15, 0.2) is 42.0 Å². The fraction of sp³-hybridized carbons (Fsp3) is 0.0588. The summed E-state index contributed by atoms with van der Waals surface area (Å²) in [6, 6.07) is 9.34. The predicted octanol–water partition coefficient (Wildman–Crippen LogP) is 3.17. The number of rotatable bonds is 3. The second-order valence-electron chi connectivity index (χ2n) is 5.17. The highest BCUT2D eigenvalue weighted by molar-refractivity contribution is 6.33. The van der Waals surface area contributed by atoms with Crippen LogP contribution >= 0.6 is 23.2 Å². The van der Waals surface area contributed by atoms with Crippen LogP contribution in [0.3, 0.4) is 0 Å². The Labute approximate surface area is 153 Å². The summed E-state index contributed by atoms with van der Waals surface area (Å²) in [7, 11) is 1.37. The lowest BCUT2D eigenvalue weighted by Gasteiger charge is -2.14. The van der Waals surface area contributed by atoms with Gasteiger partial charge in [-0.1, -0.05) is 29.3 Å². The van der Waals surface area contributed by atoms with Crippen molar-refractivity contribution >= 4 is 46.8 Å². The highest BCUT2D eigenvalue weighted by Crippen LogP contribution is 2.35. The second-order valence-corrected chi connectivity index (χ2v) is 6.04. The van der Waals surface area contributed by atoms with E-state index >= 15 is 0 Å². The van der Waals surface area contributed by atoms with Crippen molar-refractivity contribution in [3.05, 3.63) is 57.6 Å². The molecule has 0 unspecified atom stereocenters. The zero-order valence-electron chi connectivity index (χ0n) is 12.9. The molecule has 8 heteroatoms. The van der Waals surface area contributed by atoms with Crippen molar-refractivity contribution in [3.63, 3.8) is 0 Å². The largest absolute Gasteiger partial charge is 0.504 e. The van der Waals surface area contributed by atoms with Gasteiger partial charge < -0.3 is 9.84 Å². The first-order chi connectivity index (χ1) is 11.9. The molecule has 0 saturated carbocycles. The maximum Gasteiger partial charge on any atom is 0.282 e. The minimum absolute atomic E-state index is 0.136. The molecule has 1 saturated heterocycles. The Morgan fingerprint density at radius 3 is 2.60 bits per heavy atom. The molecule has 0 atom stereocenters. The lowest BCUT2D eigenvalue weighted by molar-refractivity contribution is -0.117. The van der Waals surface area contributed by atoms with Gasteiger partial charge in [-0.2, -0.15) is 0 Å². The van der Waals surface area contributed by atoms with Crippen LogP contribution in [0.4, 0.5) is 5.69 Å². The van der Waals surface area contributed by atoms with E-state index in [9.17, 15) is 14.7 Å². The highest BCUT2D eigenvalue weighted by atomic mass is 35.5. The van der Waals surface area contributed by atoms with Crippen molar-refractivity contribution < 1.29 is 19.4 Å². The Morgan fingerprint density at radius 2 is 1.92 bits per heavy atom. The Hall–Kier alpha value is -2.70. The monoisotopic (exact) mass is 378 g/mol. The molecule has 0 spiro atoms. The molecule has 128 valence electrons. The number of methoxy groups -OCH3 is 1. The van der Waals surface area contributed by atoms with Crippen molar-refractivity contribution in [2.75, 3.05) is 12.1 Å². The fourth-order valence-electron chi connectivity index (χ4n) is 2.37. The molecule has 0 aliphatic carbocycles. The minimum Gasteiger partial charge on any atom is -0.504 e. The van der Waals surface area contributed by atoms with Crippen molar-refractivity contribution in [2.24, 2.45) is 0 Å². The number of phenolic OH excluding ortho intramolecular Hbond substituents is 1. The Morgan fingerprint density at radius 1 is 1.16 bits per heavy atom. The number of nitrogens with zero attached hydrogens (tertiary/aromatic N) is 1. The number of carbonyl (C=O) groups excluding carboxylic acids is 2. The number of nitrogens with one attached hydrogen (secondary N) is 1. The van der Waals surface area contributed by atoms with Gasteiger partial charge in [-0.25, -0.2) is 5.01 Å². The summed E-state index contributed by atoms with van der Waals surface area (Å²) in [5.74, 6) is -1.27. The van der Waals surface area contributed by atoms with Crippen molar-refractivity contribution in [1.29, 1.82) is 0 Å². The van der Waals surface area contributed by atoms with E-state index < -0.39 is 11.8 Å². The molecule has 25 heavy (non-hydrogen) atoms. The van der Waals surface area contributed by atoms with Crippen molar-refractivity contribution in [2.45, 2.75) is 0 Å². The first-order valence-corrected chi connectivity index (χ1v) is 7.85. The lowest BCUT2D eigenvalue weighted by atomic mass is 10.1. The molecular weight excluding hydrogens is 367 g/mol. The molecule has 2 aromatic carbocycles. The summed E-state index contributed by atoms with van der Waals surface area (Å²) >= 11 is 11.9. The molecule has 2 amide bonds. The number of hydrogen-bond donors (Lipinski definition) is 2. The zero-order chi connectivity index (χ0) is 18.1. The molecule has 0 bridgehead atoms. The van der Waals surface area contributed by atoms with Crippen LogP contribution in [0.2, 0.25) is 10.0 Å². The Kier molecular flexibility index (Phi) is 4.57. The van der Waals surface area contributed by atoms with Crippen LogP contribution in [-0.2, 0) is 9.59 Å². The first-order valence-electron chi connectivity index (χ1n) is 7.10. The minimum atomic E-state index is -0.608. The molecule has 0 aromatic heterocycles. The lowest BCUT2D eigenvalue weighted by Crippen LogP contribution is -2.35. The van der Waals surface area contributed by atoms with E-state index in [1.165, 1.54) is 25.3 Å². The molecule has 2 N–H and O–H groups in total. The van der Waals surface area contributed by atoms with E-state index in [0.29, 0.717) is 15.7 Å². The van der Waals surface area contributed by atoms with E-state index in [4.69, 9.17) is 27.9 Å². The fourth-order valence-corrected chi connectivity index (χ4v) is 2.77. The average Bonchev–Trinajstić information content (AvgIpc) is 2.86. The van der Waals surface area contributed by atoms with Crippen molar-refractivity contribution in [1.82, 2.24) is 5.43 Å². The number of amides is 2. The maximum atomic E-state index is 12.6. The Bertz CT molecular complexity index is 912. The summed E-state index contributed by atoms with van der Waals surface area (Å²) < 4.78 is 5.01. The van der Waals surface area contributed by atoms with Gasteiger partial charge in [0.25, 0.3) is 11.8 Å². The van der Waals surface area contributed by atoms with Crippen LogP contribution in [-0.4, -0.2) is 24.0 Å². The number of hydrazine groups is 1. The van der Waals surface area contributed by atoms with Gasteiger partial charge in [0, 0.05) is 21.7 Å². The van der Waals surface area contributed by atoms with Gasteiger partial charge in [0.05, 0.1) is 12.8 Å². The van der Waals surface area contributed by atoms with E-state index in [1.807, 2.05) is 0 Å². The van der Waals surface area contributed by atoms with Gasteiger partial charge in [0.1, 0.15) is 5.57 Å². The summed E-state index contributed by atoms with van der Waals surface area (Å²) in [4.78, 5) is 24.8. The molecule has 1 fully saturated rings. The number of carbonyl (C=O) groups is 2. The van der Waals surface area contributed by atoms with Gasteiger partial charge in [-0.05, 0) is 30.3 Å². The molecule has 1 aliphatic rings. The van der Waals surface area contributed by atoms with Crippen LogP contribution in [0, 0.1) is 0 Å². The third-order valence-electron chi connectivity index (χ3n) is 3.55. The number of anilines is 1. The maximum absolute atomic E-state index is 12.6. The molecule has 0 radical (unpaired) electrons.